The molecule has 96 valence electrons. The molecule has 0 unspecified atom stereocenters. The standard InChI is InChI=1S/C13H19ClFNO/c1-2-3-6-16(7-8-17)10-11-4-5-12(15)9-13(11)14/h4-5,9,17H,2-3,6-8,10H2,1H3. The van der Waals surface area contributed by atoms with Gasteiger partial charge in [0.25, 0.3) is 0 Å². The third-order valence-corrected chi connectivity index (χ3v) is 3.01. The van der Waals surface area contributed by atoms with E-state index in [-0.39, 0.29) is 12.4 Å². The summed E-state index contributed by atoms with van der Waals surface area (Å²) in [5.74, 6) is -0.319. The molecule has 0 aliphatic carbocycles. The molecule has 1 aromatic rings. The lowest BCUT2D eigenvalue weighted by molar-refractivity contribution is 0.188. The Bertz CT molecular complexity index is 346. The Balaban J connectivity index is 2.64. The van der Waals surface area contributed by atoms with Gasteiger partial charge in [-0.25, -0.2) is 4.39 Å². The summed E-state index contributed by atoms with van der Waals surface area (Å²) in [6.45, 7) is 4.45. The number of hydrogen-bond donors (Lipinski definition) is 1. The van der Waals surface area contributed by atoms with Crippen LogP contribution < -0.4 is 0 Å². The molecule has 1 N–H and O–H groups in total. The Morgan fingerprint density at radius 3 is 2.71 bits per heavy atom. The average Bonchev–Trinajstić information content (AvgIpc) is 2.29. The number of halogens is 2. The largest absolute Gasteiger partial charge is 0.395 e. The maximum absolute atomic E-state index is 12.9. The van der Waals surface area contributed by atoms with Gasteiger partial charge in [0.05, 0.1) is 6.61 Å². The Hall–Kier alpha value is -0.640. The van der Waals surface area contributed by atoms with Crippen LogP contribution in [0.25, 0.3) is 0 Å². The van der Waals surface area contributed by atoms with E-state index in [1.54, 1.807) is 6.07 Å². The molecule has 0 aromatic heterocycles. The third-order valence-electron chi connectivity index (χ3n) is 2.65. The van der Waals surface area contributed by atoms with Crippen LogP contribution in [-0.4, -0.2) is 29.7 Å². The van der Waals surface area contributed by atoms with Gasteiger partial charge in [-0.05, 0) is 30.7 Å². The quantitative estimate of drug-likeness (QED) is 0.814. The van der Waals surface area contributed by atoms with E-state index < -0.39 is 0 Å². The fraction of sp³-hybridized carbons (Fsp3) is 0.538. The molecule has 0 bridgehead atoms. The molecule has 0 aliphatic rings. The fourth-order valence-corrected chi connectivity index (χ4v) is 1.91. The zero-order chi connectivity index (χ0) is 12.7. The van der Waals surface area contributed by atoms with Crippen molar-refractivity contribution in [3.8, 4) is 0 Å². The first-order chi connectivity index (χ1) is 8.17. The second-order valence-electron chi connectivity index (χ2n) is 4.09. The van der Waals surface area contributed by atoms with E-state index in [1.165, 1.54) is 12.1 Å². The van der Waals surface area contributed by atoms with Gasteiger partial charge in [0.15, 0.2) is 0 Å². The van der Waals surface area contributed by atoms with E-state index in [4.69, 9.17) is 16.7 Å². The number of rotatable bonds is 7. The summed E-state index contributed by atoms with van der Waals surface area (Å²) in [5.41, 5.74) is 0.901. The normalized spacial score (nSPS) is 11.1. The number of aliphatic hydroxyl groups excluding tert-OH is 1. The summed E-state index contributed by atoms with van der Waals surface area (Å²) in [7, 11) is 0. The molecule has 0 saturated heterocycles. The highest BCUT2D eigenvalue weighted by Gasteiger charge is 2.08. The minimum atomic E-state index is -0.319. The van der Waals surface area contributed by atoms with Crippen molar-refractivity contribution in [1.29, 1.82) is 0 Å². The van der Waals surface area contributed by atoms with E-state index in [0.29, 0.717) is 18.1 Å². The van der Waals surface area contributed by atoms with Crippen LogP contribution in [-0.2, 0) is 6.54 Å². The molecule has 0 atom stereocenters. The Morgan fingerprint density at radius 2 is 2.12 bits per heavy atom. The highest BCUT2D eigenvalue weighted by molar-refractivity contribution is 6.31. The molecule has 17 heavy (non-hydrogen) atoms. The molecule has 0 fully saturated rings. The van der Waals surface area contributed by atoms with E-state index in [1.807, 2.05) is 0 Å². The molecule has 0 heterocycles. The molecular formula is C13H19ClFNO. The smallest absolute Gasteiger partial charge is 0.124 e. The van der Waals surface area contributed by atoms with Crippen molar-refractivity contribution in [2.24, 2.45) is 0 Å². The van der Waals surface area contributed by atoms with Gasteiger partial charge < -0.3 is 5.11 Å². The first-order valence-electron chi connectivity index (χ1n) is 5.94. The molecule has 4 heteroatoms. The summed E-state index contributed by atoms with van der Waals surface area (Å²) in [4.78, 5) is 2.13. The number of nitrogens with zero attached hydrogens (tertiary/aromatic N) is 1. The van der Waals surface area contributed by atoms with Crippen LogP contribution in [0, 0.1) is 5.82 Å². The Kier molecular flexibility index (Phi) is 6.48. The Labute approximate surface area is 107 Å². The summed E-state index contributed by atoms with van der Waals surface area (Å²) in [6, 6.07) is 4.44. The zero-order valence-electron chi connectivity index (χ0n) is 10.1. The van der Waals surface area contributed by atoms with E-state index >= 15 is 0 Å². The van der Waals surface area contributed by atoms with Crippen molar-refractivity contribution in [2.75, 3.05) is 19.7 Å². The van der Waals surface area contributed by atoms with Gasteiger partial charge in [-0.3, -0.25) is 4.90 Å². The minimum absolute atomic E-state index is 0.128. The van der Waals surface area contributed by atoms with Crippen LogP contribution in [0.15, 0.2) is 18.2 Å². The molecule has 1 rings (SSSR count). The number of aliphatic hydroxyl groups is 1. The van der Waals surface area contributed by atoms with Gasteiger partial charge in [-0.1, -0.05) is 31.0 Å². The van der Waals surface area contributed by atoms with Crippen LogP contribution in [0.3, 0.4) is 0 Å². The third kappa shape index (κ3) is 5.02. The predicted octanol–water partition coefficient (Wildman–Crippen LogP) is 3.07. The van der Waals surface area contributed by atoms with Gasteiger partial charge in [0.1, 0.15) is 5.82 Å². The van der Waals surface area contributed by atoms with E-state index in [9.17, 15) is 4.39 Å². The maximum atomic E-state index is 12.9. The van der Waals surface area contributed by atoms with Gasteiger partial charge in [0, 0.05) is 18.1 Å². The van der Waals surface area contributed by atoms with Crippen LogP contribution in [0.4, 0.5) is 4.39 Å². The number of unbranched alkanes of at least 4 members (excludes halogenated alkanes) is 1. The molecule has 0 saturated carbocycles. The predicted molar refractivity (Wildman–Crippen MR) is 68.7 cm³/mol. The summed E-state index contributed by atoms with van der Waals surface area (Å²) in [5, 5.41) is 9.44. The van der Waals surface area contributed by atoms with Crippen LogP contribution in [0.2, 0.25) is 5.02 Å². The molecule has 2 nitrogen and oxygen atoms in total. The van der Waals surface area contributed by atoms with Crippen molar-refractivity contribution < 1.29 is 9.50 Å². The second kappa shape index (κ2) is 7.64. The van der Waals surface area contributed by atoms with Crippen LogP contribution >= 0.6 is 11.6 Å². The van der Waals surface area contributed by atoms with Gasteiger partial charge in [0.2, 0.25) is 0 Å². The maximum Gasteiger partial charge on any atom is 0.124 e. The van der Waals surface area contributed by atoms with Gasteiger partial charge in [-0.15, -0.1) is 0 Å². The van der Waals surface area contributed by atoms with E-state index in [0.717, 1.165) is 24.9 Å². The first-order valence-corrected chi connectivity index (χ1v) is 6.32. The molecule has 0 amide bonds. The van der Waals surface area contributed by atoms with Crippen LogP contribution in [0.5, 0.6) is 0 Å². The molecular weight excluding hydrogens is 241 g/mol. The topological polar surface area (TPSA) is 23.5 Å². The lowest BCUT2D eigenvalue weighted by Gasteiger charge is -2.21. The van der Waals surface area contributed by atoms with Crippen molar-refractivity contribution in [1.82, 2.24) is 4.90 Å². The lowest BCUT2D eigenvalue weighted by atomic mass is 10.2. The lowest BCUT2D eigenvalue weighted by Crippen LogP contribution is -2.27. The second-order valence-corrected chi connectivity index (χ2v) is 4.50. The minimum Gasteiger partial charge on any atom is -0.395 e. The summed E-state index contributed by atoms with van der Waals surface area (Å²) in [6.07, 6.45) is 2.19. The zero-order valence-corrected chi connectivity index (χ0v) is 10.9. The van der Waals surface area contributed by atoms with E-state index in [2.05, 4.69) is 11.8 Å². The SMILES string of the molecule is CCCCN(CCO)Cc1ccc(F)cc1Cl. The van der Waals surface area contributed by atoms with Crippen molar-refractivity contribution in [3.05, 3.63) is 34.6 Å². The fourth-order valence-electron chi connectivity index (χ4n) is 1.68. The Morgan fingerprint density at radius 1 is 1.35 bits per heavy atom. The number of hydrogen-bond acceptors (Lipinski definition) is 2. The highest BCUT2D eigenvalue weighted by Crippen LogP contribution is 2.19. The summed E-state index contributed by atoms with van der Waals surface area (Å²) >= 11 is 5.98. The highest BCUT2D eigenvalue weighted by atomic mass is 35.5. The molecule has 1 aromatic carbocycles. The van der Waals surface area contributed by atoms with Gasteiger partial charge >= 0.3 is 0 Å². The van der Waals surface area contributed by atoms with Gasteiger partial charge in [-0.2, -0.15) is 0 Å². The molecule has 0 spiro atoms. The average molecular weight is 260 g/mol. The van der Waals surface area contributed by atoms with Crippen LogP contribution in [0.1, 0.15) is 25.3 Å². The molecule has 0 radical (unpaired) electrons. The van der Waals surface area contributed by atoms with Crippen molar-refractivity contribution in [3.63, 3.8) is 0 Å². The van der Waals surface area contributed by atoms with Crippen molar-refractivity contribution >= 4 is 11.6 Å². The van der Waals surface area contributed by atoms with Crippen molar-refractivity contribution in [2.45, 2.75) is 26.3 Å². The first kappa shape index (κ1) is 14.4. The summed E-state index contributed by atoms with van der Waals surface area (Å²) < 4.78 is 12.9. The monoisotopic (exact) mass is 259 g/mol. The molecule has 0 aliphatic heterocycles. The number of benzene rings is 1.